The third-order valence-corrected chi connectivity index (χ3v) is 15.5. The minimum atomic E-state index is -0.428. The molecule has 6 N–H and O–H groups in total. The maximum atomic E-state index is 13.3. The van der Waals surface area contributed by atoms with Crippen molar-refractivity contribution in [1.29, 1.82) is 0 Å². The van der Waals surface area contributed by atoms with Gasteiger partial charge < -0.3 is 26.8 Å². The first-order chi connectivity index (χ1) is 27.1. The second-order valence-corrected chi connectivity index (χ2v) is 19.8. The monoisotopic (exact) mass is 798 g/mol. The number of carbonyl (C=O) groups is 4. The van der Waals surface area contributed by atoms with E-state index in [1.165, 1.54) is 51.4 Å². The lowest BCUT2D eigenvalue weighted by atomic mass is 9.47. The Kier molecular flexibility index (Phi) is 16.5. The summed E-state index contributed by atoms with van der Waals surface area (Å²) in [7, 11) is 0. The molecule has 1 aliphatic heterocycles. The third-order valence-electron chi connectivity index (χ3n) is 15.5. The van der Waals surface area contributed by atoms with E-state index in [0.29, 0.717) is 77.2 Å². The van der Waals surface area contributed by atoms with Crippen LogP contribution in [-0.4, -0.2) is 128 Å². The molecule has 0 bridgehead atoms. The molecule has 1 heterocycles. The fraction of sp³-hybridized carbons (Fsp3) is 0.867. The highest BCUT2D eigenvalue weighted by molar-refractivity contribution is 5.76. The average Bonchev–Trinajstić information content (AvgIpc) is 3.49. The third kappa shape index (κ3) is 12.3. The van der Waals surface area contributed by atoms with E-state index < -0.39 is 17.7 Å². The van der Waals surface area contributed by atoms with Crippen LogP contribution in [0.2, 0.25) is 0 Å². The Labute approximate surface area is 344 Å². The van der Waals surface area contributed by atoms with E-state index in [2.05, 4.69) is 45.6 Å². The van der Waals surface area contributed by atoms with Gasteiger partial charge in [0.2, 0.25) is 17.7 Å². The quantitative estimate of drug-likeness (QED) is 0.152. The maximum Gasteiger partial charge on any atom is 0.306 e. The predicted octanol–water partition coefficient (Wildman–Crippen LogP) is 4.40. The van der Waals surface area contributed by atoms with E-state index >= 15 is 0 Å². The molecule has 0 aromatic rings. The van der Waals surface area contributed by atoms with Crippen LogP contribution in [0.1, 0.15) is 118 Å². The molecule has 3 amide bonds. The molecule has 3 saturated carbocycles. The Bertz CT molecular complexity index is 1380. The Morgan fingerprint density at radius 1 is 0.719 bits per heavy atom. The number of rotatable bonds is 16. The molecular formula is C45H79N7O5. The number of carbonyl (C=O) groups excluding carboxylic acids is 4. The summed E-state index contributed by atoms with van der Waals surface area (Å²) >= 11 is 0. The van der Waals surface area contributed by atoms with Gasteiger partial charge in [-0.3, -0.25) is 33.9 Å². The predicted molar refractivity (Wildman–Crippen MR) is 226 cm³/mol. The maximum absolute atomic E-state index is 13.3. The van der Waals surface area contributed by atoms with Crippen molar-refractivity contribution in [3.8, 4) is 0 Å². The number of amides is 3. The van der Waals surface area contributed by atoms with Crippen molar-refractivity contribution >= 4 is 23.7 Å². The molecule has 57 heavy (non-hydrogen) atoms. The average molecular weight is 798 g/mol. The zero-order valence-electron chi connectivity index (χ0n) is 36.4. The Morgan fingerprint density at radius 2 is 1.28 bits per heavy atom. The minimum Gasteiger partial charge on any atom is -0.462 e. The lowest BCUT2D eigenvalue weighted by Gasteiger charge is -2.58. The Balaban J connectivity index is 1.12. The van der Waals surface area contributed by atoms with Crippen molar-refractivity contribution < 1.29 is 23.9 Å². The van der Waals surface area contributed by atoms with E-state index in [1.807, 2.05) is 14.7 Å². The number of nitrogens with two attached hydrogens (primary N) is 3. The largest absolute Gasteiger partial charge is 0.462 e. The van der Waals surface area contributed by atoms with Crippen LogP contribution in [0.5, 0.6) is 0 Å². The summed E-state index contributed by atoms with van der Waals surface area (Å²) in [6.45, 7) is 18.2. The van der Waals surface area contributed by atoms with Crippen molar-refractivity contribution in [3.63, 3.8) is 0 Å². The summed E-state index contributed by atoms with van der Waals surface area (Å²) in [5, 5.41) is 0. The molecule has 4 fully saturated rings. The summed E-state index contributed by atoms with van der Waals surface area (Å²) in [5.74, 6) is 3.50. The van der Waals surface area contributed by atoms with Gasteiger partial charge in [-0.1, -0.05) is 65.5 Å². The molecule has 4 aliphatic carbocycles. The number of ether oxygens (including phenoxy) is 1. The summed E-state index contributed by atoms with van der Waals surface area (Å²) in [4.78, 5) is 57.1. The van der Waals surface area contributed by atoms with Crippen molar-refractivity contribution in [2.75, 3.05) is 78.5 Å². The number of hydrogen-bond donors (Lipinski definition) is 3. The van der Waals surface area contributed by atoms with E-state index in [0.717, 1.165) is 54.8 Å². The molecule has 12 heteroatoms. The Morgan fingerprint density at radius 3 is 1.82 bits per heavy atom. The first kappa shape index (κ1) is 45.5. The molecule has 8 atom stereocenters. The van der Waals surface area contributed by atoms with Crippen LogP contribution in [0.3, 0.4) is 0 Å². The van der Waals surface area contributed by atoms with Gasteiger partial charge in [0.25, 0.3) is 0 Å². The molecule has 0 spiro atoms. The van der Waals surface area contributed by atoms with Gasteiger partial charge in [-0.15, -0.1) is 0 Å². The summed E-state index contributed by atoms with van der Waals surface area (Å²) < 4.78 is 6.20. The SMILES string of the molecule is CC(C)CCC[C@@H](C)[C@H]1CC[C@H]2[C@@H]3CC=C4CC(OC(=O)CCCN5CCN(CC(N)=O)CCN(CC(N)=O)CCN(CC(N)=O)CC5)CC[C@]4(C)[C@H]3CC[C@]12C. The highest BCUT2D eigenvalue weighted by Gasteiger charge is 2.59. The fourth-order valence-corrected chi connectivity index (χ4v) is 12.4. The molecule has 12 nitrogen and oxygen atoms in total. The van der Waals surface area contributed by atoms with Gasteiger partial charge in [-0.2, -0.15) is 0 Å². The lowest BCUT2D eigenvalue weighted by Crippen LogP contribution is -2.51. The molecule has 5 aliphatic rings. The second kappa shape index (κ2) is 20.6. The van der Waals surface area contributed by atoms with E-state index in [-0.39, 0.29) is 37.1 Å². The van der Waals surface area contributed by atoms with Gasteiger partial charge >= 0.3 is 5.97 Å². The van der Waals surface area contributed by atoms with Crippen molar-refractivity contribution in [2.45, 2.75) is 124 Å². The number of allylic oxidation sites excluding steroid dienone is 1. The second-order valence-electron chi connectivity index (χ2n) is 19.8. The first-order valence-electron chi connectivity index (χ1n) is 22.7. The van der Waals surface area contributed by atoms with Crippen LogP contribution < -0.4 is 17.2 Å². The molecule has 1 unspecified atom stereocenters. The number of fused-ring (bicyclic) bond motifs is 5. The van der Waals surface area contributed by atoms with E-state index in [9.17, 15) is 19.2 Å². The highest BCUT2D eigenvalue weighted by atomic mass is 16.5. The highest BCUT2D eigenvalue weighted by Crippen LogP contribution is 2.67. The standard InChI is InChI=1S/C45H79N7O5/c1-32(2)8-6-9-33(3)37-13-14-38-36-12-11-34-28-35(15-17-44(34,4)39(36)16-18-45(37,38)5)57-43(56)10-7-19-49-20-22-50(29-40(46)53)24-26-52(31-42(48)55)27-25-51(23-21-49)30-41(47)54/h11,32-33,35-39H,6-10,12-31H2,1-5H3,(H2,46,53)(H2,47,54)(H2,48,55)/t33-,35?,36+,37-,38+,39+,44+,45-/m1/s1. The van der Waals surface area contributed by atoms with Gasteiger partial charge in [0, 0.05) is 65.2 Å². The number of nitrogens with zero attached hydrogens (tertiary/aromatic N) is 4. The lowest BCUT2D eigenvalue weighted by molar-refractivity contribution is -0.151. The number of hydrogen-bond acceptors (Lipinski definition) is 9. The molecule has 0 radical (unpaired) electrons. The van der Waals surface area contributed by atoms with Gasteiger partial charge in [-0.05, 0) is 104 Å². The van der Waals surface area contributed by atoms with Gasteiger partial charge in [-0.25, -0.2) is 0 Å². The van der Waals surface area contributed by atoms with Crippen LogP contribution in [0.15, 0.2) is 11.6 Å². The summed E-state index contributed by atoms with van der Waals surface area (Å²) in [6.07, 6.45) is 17.3. The molecule has 0 aromatic carbocycles. The smallest absolute Gasteiger partial charge is 0.306 e. The first-order valence-corrected chi connectivity index (χ1v) is 22.7. The fourth-order valence-electron chi connectivity index (χ4n) is 12.4. The van der Waals surface area contributed by atoms with Crippen molar-refractivity contribution in [1.82, 2.24) is 19.6 Å². The van der Waals surface area contributed by atoms with Crippen LogP contribution in [0.25, 0.3) is 0 Å². The van der Waals surface area contributed by atoms with Gasteiger partial charge in [0.05, 0.1) is 19.6 Å². The van der Waals surface area contributed by atoms with E-state index in [1.54, 1.807) is 5.57 Å². The molecule has 324 valence electrons. The molecular weight excluding hydrogens is 719 g/mol. The van der Waals surface area contributed by atoms with Gasteiger partial charge in [0.1, 0.15) is 6.10 Å². The van der Waals surface area contributed by atoms with Crippen LogP contribution in [0.4, 0.5) is 0 Å². The number of esters is 1. The topological polar surface area (TPSA) is 169 Å². The number of primary amides is 3. The van der Waals surface area contributed by atoms with Crippen molar-refractivity contribution in [2.24, 2.45) is 63.5 Å². The van der Waals surface area contributed by atoms with Crippen LogP contribution in [-0.2, 0) is 23.9 Å². The molecule has 1 saturated heterocycles. The van der Waals surface area contributed by atoms with E-state index in [4.69, 9.17) is 21.9 Å². The van der Waals surface area contributed by atoms with Gasteiger partial charge in [0.15, 0.2) is 0 Å². The van der Waals surface area contributed by atoms with Crippen molar-refractivity contribution in [3.05, 3.63) is 11.6 Å². The minimum absolute atomic E-state index is 0.0507. The molecule has 0 aromatic heterocycles. The summed E-state index contributed by atoms with van der Waals surface area (Å²) in [6, 6.07) is 0. The zero-order valence-corrected chi connectivity index (χ0v) is 36.4. The molecule has 5 rings (SSSR count). The normalized spacial score (nSPS) is 32.9. The van der Waals surface area contributed by atoms with Crippen LogP contribution >= 0.6 is 0 Å². The zero-order chi connectivity index (χ0) is 41.3. The van der Waals surface area contributed by atoms with Crippen LogP contribution in [0, 0.1) is 46.3 Å². The Hall–Kier alpha value is -2.54. The summed E-state index contributed by atoms with van der Waals surface area (Å²) in [5.41, 5.74) is 18.9.